The molecule has 0 bridgehead atoms. The molecule has 0 spiro atoms. The highest BCUT2D eigenvalue weighted by Gasteiger charge is 2.45. The SMILES string of the molecule is CCNC1C(C)C(c2ccccc2F)C1C. The maximum atomic E-state index is 13.7. The first-order valence-corrected chi connectivity index (χ1v) is 6.14. The van der Waals surface area contributed by atoms with Crippen LogP contribution in [0.4, 0.5) is 4.39 Å². The lowest BCUT2D eigenvalue weighted by Gasteiger charge is -2.50. The number of hydrogen-bond donors (Lipinski definition) is 1. The number of benzene rings is 1. The molecular formula is C14H20FN. The van der Waals surface area contributed by atoms with Crippen LogP contribution in [0.1, 0.15) is 32.3 Å². The van der Waals surface area contributed by atoms with Crippen molar-refractivity contribution in [2.45, 2.75) is 32.7 Å². The first-order valence-electron chi connectivity index (χ1n) is 6.14. The molecule has 2 rings (SSSR count). The van der Waals surface area contributed by atoms with E-state index in [2.05, 4.69) is 26.1 Å². The fraction of sp³-hybridized carbons (Fsp3) is 0.571. The van der Waals surface area contributed by atoms with Crippen LogP contribution in [0.2, 0.25) is 0 Å². The summed E-state index contributed by atoms with van der Waals surface area (Å²) >= 11 is 0. The van der Waals surface area contributed by atoms with Crippen molar-refractivity contribution in [3.05, 3.63) is 35.6 Å². The second-order valence-corrected chi connectivity index (χ2v) is 4.85. The van der Waals surface area contributed by atoms with E-state index in [1.807, 2.05) is 12.1 Å². The van der Waals surface area contributed by atoms with Crippen molar-refractivity contribution >= 4 is 0 Å². The van der Waals surface area contributed by atoms with Crippen LogP contribution in [0, 0.1) is 17.7 Å². The van der Waals surface area contributed by atoms with Gasteiger partial charge in [-0.05, 0) is 35.9 Å². The van der Waals surface area contributed by atoms with Crippen molar-refractivity contribution in [2.75, 3.05) is 6.54 Å². The van der Waals surface area contributed by atoms with Gasteiger partial charge < -0.3 is 5.32 Å². The lowest BCUT2D eigenvalue weighted by atomic mass is 9.59. The second kappa shape index (κ2) is 4.54. The van der Waals surface area contributed by atoms with Crippen LogP contribution in [-0.2, 0) is 0 Å². The van der Waals surface area contributed by atoms with Crippen LogP contribution < -0.4 is 5.32 Å². The van der Waals surface area contributed by atoms with Crippen molar-refractivity contribution < 1.29 is 4.39 Å². The minimum atomic E-state index is -0.0545. The van der Waals surface area contributed by atoms with Gasteiger partial charge in [-0.1, -0.05) is 39.0 Å². The molecule has 88 valence electrons. The van der Waals surface area contributed by atoms with Crippen LogP contribution >= 0.6 is 0 Å². The van der Waals surface area contributed by atoms with E-state index in [0.29, 0.717) is 23.8 Å². The maximum Gasteiger partial charge on any atom is 0.126 e. The van der Waals surface area contributed by atoms with Gasteiger partial charge in [0.15, 0.2) is 0 Å². The third-order valence-corrected chi connectivity index (χ3v) is 3.97. The van der Waals surface area contributed by atoms with E-state index in [1.54, 1.807) is 12.1 Å². The van der Waals surface area contributed by atoms with E-state index in [-0.39, 0.29) is 5.82 Å². The molecule has 1 nitrogen and oxygen atoms in total. The summed E-state index contributed by atoms with van der Waals surface area (Å²) in [5.41, 5.74) is 0.886. The molecule has 0 heterocycles. The van der Waals surface area contributed by atoms with Crippen LogP contribution in [0.25, 0.3) is 0 Å². The van der Waals surface area contributed by atoms with Crippen molar-refractivity contribution in [3.63, 3.8) is 0 Å². The molecule has 2 unspecified atom stereocenters. The standard InChI is InChI=1S/C14H20FN/c1-4-16-14-9(2)13(10(14)3)11-7-5-6-8-12(11)15/h5-10,13-14,16H,4H2,1-3H3. The van der Waals surface area contributed by atoms with Gasteiger partial charge in [-0.3, -0.25) is 0 Å². The Kier molecular flexibility index (Phi) is 3.29. The van der Waals surface area contributed by atoms with Crippen LogP contribution in [0.5, 0.6) is 0 Å². The summed E-state index contributed by atoms with van der Waals surface area (Å²) in [6.07, 6.45) is 0. The summed E-state index contributed by atoms with van der Waals surface area (Å²) in [6.45, 7) is 7.54. The summed E-state index contributed by atoms with van der Waals surface area (Å²) in [6, 6.07) is 7.71. The molecule has 1 aliphatic rings. The van der Waals surface area contributed by atoms with Gasteiger partial charge in [0.1, 0.15) is 5.82 Å². The van der Waals surface area contributed by atoms with Crippen LogP contribution in [-0.4, -0.2) is 12.6 Å². The Morgan fingerprint density at radius 3 is 2.38 bits per heavy atom. The lowest BCUT2D eigenvalue weighted by Crippen LogP contribution is -2.55. The molecule has 2 atom stereocenters. The maximum absolute atomic E-state index is 13.7. The zero-order valence-electron chi connectivity index (χ0n) is 10.2. The predicted octanol–water partition coefficient (Wildman–Crippen LogP) is 3.17. The average molecular weight is 221 g/mol. The van der Waals surface area contributed by atoms with Gasteiger partial charge in [-0.15, -0.1) is 0 Å². The van der Waals surface area contributed by atoms with E-state index in [0.717, 1.165) is 12.1 Å². The fourth-order valence-corrected chi connectivity index (χ4v) is 3.18. The van der Waals surface area contributed by atoms with Crippen molar-refractivity contribution in [1.82, 2.24) is 5.32 Å². The molecule has 1 fully saturated rings. The van der Waals surface area contributed by atoms with E-state index >= 15 is 0 Å². The Balaban J connectivity index is 2.16. The molecule has 1 aromatic rings. The van der Waals surface area contributed by atoms with Crippen molar-refractivity contribution in [3.8, 4) is 0 Å². The monoisotopic (exact) mass is 221 g/mol. The largest absolute Gasteiger partial charge is 0.314 e. The van der Waals surface area contributed by atoms with E-state index < -0.39 is 0 Å². The second-order valence-electron chi connectivity index (χ2n) is 4.85. The highest BCUT2D eigenvalue weighted by Crippen LogP contribution is 2.47. The summed E-state index contributed by atoms with van der Waals surface area (Å²) in [5.74, 6) is 1.35. The summed E-state index contributed by atoms with van der Waals surface area (Å²) in [4.78, 5) is 0. The van der Waals surface area contributed by atoms with E-state index in [9.17, 15) is 4.39 Å². The van der Waals surface area contributed by atoms with Gasteiger partial charge in [-0.2, -0.15) is 0 Å². The topological polar surface area (TPSA) is 12.0 Å². The lowest BCUT2D eigenvalue weighted by molar-refractivity contribution is 0.0956. The zero-order valence-corrected chi connectivity index (χ0v) is 10.2. The molecule has 1 saturated carbocycles. The first-order chi connectivity index (χ1) is 7.66. The number of halogens is 1. The Labute approximate surface area is 97.1 Å². The summed E-state index contributed by atoms with van der Waals surface area (Å²) in [7, 11) is 0. The molecule has 0 aliphatic heterocycles. The quantitative estimate of drug-likeness (QED) is 0.826. The highest BCUT2D eigenvalue weighted by atomic mass is 19.1. The highest BCUT2D eigenvalue weighted by molar-refractivity contribution is 5.27. The van der Waals surface area contributed by atoms with Gasteiger partial charge in [0.25, 0.3) is 0 Å². The number of rotatable bonds is 3. The normalized spacial score (nSPS) is 33.5. The molecule has 1 aromatic carbocycles. The number of hydrogen-bond acceptors (Lipinski definition) is 1. The third kappa shape index (κ3) is 1.75. The molecule has 0 saturated heterocycles. The van der Waals surface area contributed by atoms with Gasteiger partial charge in [0.05, 0.1) is 0 Å². The summed E-state index contributed by atoms with van der Waals surface area (Å²) < 4.78 is 13.7. The molecular weight excluding hydrogens is 201 g/mol. The fourth-order valence-electron chi connectivity index (χ4n) is 3.18. The smallest absolute Gasteiger partial charge is 0.126 e. The van der Waals surface area contributed by atoms with Gasteiger partial charge in [0, 0.05) is 6.04 Å². The molecule has 1 N–H and O–H groups in total. The van der Waals surface area contributed by atoms with Gasteiger partial charge >= 0.3 is 0 Å². The molecule has 0 radical (unpaired) electrons. The summed E-state index contributed by atoms with van der Waals surface area (Å²) in [5, 5.41) is 3.48. The van der Waals surface area contributed by atoms with Crippen molar-refractivity contribution in [1.29, 1.82) is 0 Å². The Morgan fingerprint density at radius 1 is 1.19 bits per heavy atom. The minimum absolute atomic E-state index is 0.0545. The molecule has 0 amide bonds. The van der Waals surface area contributed by atoms with E-state index in [4.69, 9.17) is 0 Å². The zero-order chi connectivity index (χ0) is 11.7. The Bertz CT molecular complexity index is 354. The van der Waals surface area contributed by atoms with Crippen LogP contribution in [0.15, 0.2) is 24.3 Å². The first kappa shape index (κ1) is 11.6. The van der Waals surface area contributed by atoms with E-state index in [1.165, 1.54) is 0 Å². The number of nitrogens with one attached hydrogen (secondary N) is 1. The van der Waals surface area contributed by atoms with Crippen molar-refractivity contribution in [2.24, 2.45) is 11.8 Å². The third-order valence-electron chi connectivity index (χ3n) is 3.97. The Hall–Kier alpha value is -0.890. The molecule has 16 heavy (non-hydrogen) atoms. The predicted molar refractivity (Wildman–Crippen MR) is 64.9 cm³/mol. The molecule has 1 aliphatic carbocycles. The van der Waals surface area contributed by atoms with Crippen LogP contribution in [0.3, 0.4) is 0 Å². The minimum Gasteiger partial charge on any atom is -0.314 e. The Morgan fingerprint density at radius 2 is 1.81 bits per heavy atom. The average Bonchev–Trinajstić information content (AvgIpc) is 2.29. The molecule has 2 heteroatoms. The molecule has 0 aromatic heterocycles. The van der Waals surface area contributed by atoms with Gasteiger partial charge in [-0.25, -0.2) is 4.39 Å². The van der Waals surface area contributed by atoms with Gasteiger partial charge in [0.2, 0.25) is 0 Å².